The highest BCUT2D eigenvalue weighted by atomic mass is 35.5. The molecular weight excluding hydrogens is 164 g/mol. The van der Waals surface area contributed by atoms with Gasteiger partial charge in [0.2, 0.25) is 0 Å². The molecule has 0 aliphatic heterocycles. The molecule has 0 radical (unpaired) electrons. The summed E-state index contributed by atoms with van der Waals surface area (Å²) in [4.78, 5) is 10.2. The fourth-order valence-corrected chi connectivity index (χ4v) is 0.536. The van der Waals surface area contributed by atoms with E-state index in [0.717, 1.165) is 0 Å². The lowest BCUT2D eigenvalue weighted by Crippen LogP contribution is -1.88. The number of rotatable bonds is 2. The molecule has 0 aromatic carbocycles. The number of carbonyl (C=O) groups is 1. The normalized spacial score (nSPS) is 9.00. The maximum atomic E-state index is 10.2. The number of hydrogen-bond acceptors (Lipinski definition) is 2. The molecule has 0 N–H and O–H groups in total. The minimum Gasteiger partial charge on any atom is -0.435 e. The van der Waals surface area contributed by atoms with Crippen molar-refractivity contribution in [1.82, 2.24) is 0 Å². The first-order valence-corrected chi connectivity index (χ1v) is 3.45. The number of carbonyl (C=O) groups excluding carboxylic acids is 1. The largest absolute Gasteiger partial charge is 0.435 e. The summed E-state index contributed by atoms with van der Waals surface area (Å²) in [6, 6.07) is 0. The Labute approximate surface area is 70.8 Å². The van der Waals surface area contributed by atoms with Crippen LogP contribution in [0.1, 0.15) is 13.8 Å². The minimum atomic E-state index is -0.369. The Kier molecular flexibility index (Phi) is 5.26. The second-order valence-corrected chi connectivity index (χ2v) is 2.10. The molecule has 0 heterocycles. The molecule has 11 heavy (non-hydrogen) atoms. The Balaban J connectivity index is 3.94. The quantitative estimate of drug-likeness (QED) is 0.277. The summed E-state index contributed by atoms with van der Waals surface area (Å²) in [5.74, 6) is -0.369. The van der Waals surface area contributed by atoms with Crippen LogP contribution in [0.25, 0.3) is 0 Å². The Morgan fingerprint density at radius 1 is 1.64 bits per heavy atom. The first-order chi connectivity index (χ1) is 5.16. The molecule has 0 rings (SSSR count). The van der Waals surface area contributed by atoms with E-state index in [1.54, 1.807) is 13.0 Å². The van der Waals surface area contributed by atoms with Gasteiger partial charge in [-0.3, -0.25) is 4.79 Å². The summed E-state index contributed by atoms with van der Waals surface area (Å²) in [6.45, 7) is 3.11. The van der Waals surface area contributed by atoms with E-state index < -0.39 is 0 Å². The summed E-state index contributed by atoms with van der Waals surface area (Å²) in [7, 11) is 0. The van der Waals surface area contributed by atoms with E-state index in [4.69, 9.17) is 11.6 Å². The fraction of sp³-hybridized carbons (Fsp3) is 0.250. The third-order valence-corrected chi connectivity index (χ3v) is 0.966. The Morgan fingerprint density at radius 2 is 2.27 bits per heavy atom. The third kappa shape index (κ3) is 6.91. The first-order valence-electron chi connectivity index (χ1n) is 3.07. The van der Waals surface area contributed by atoms with Gasteiger partial charge in [-0.25, -0.2) is 0 Å². The van der Waals surface area contributed by atoms with Crippen molar-refractivity contribution in [2.24, 2.45) is 0 Å². The van der Waals surface area contributed by atoms with Crippen LogP contribution in [0.3, 0.4) is 0 Å². The summed E-state index contributed by atoms with van der Waals surface area (Å²) in [6.07, 6.45) is 4.34. The second-order valence-electron chi connectivity index (χ2n) is 1.69. The van der Waals surface area contributed by atoms with E-state index in [1.165, 1.54) is 19.3 Å². The summed E-state index contributed by atoms with van der Waals surface area (Å²) >= 11 is 5.56. The maximum absolute atomic E-state index is 10.2. The van der Waals surface area contributed by atoms with Crippen LogP contribution in [0.2, 0.25) is 0 Å². The molecule has 0 amide bonds. The summed E-state index contributed by atoms with van der Waals surface area (Å²) in [5.41, 5.74) is 2.70. The predicted molar refractivity (Wildman–Crippen MR) is 44.0 cm³/mol. The van der Waals surface area contributed by atoms with Crippen molar-refractivity contribution >= 4 is 17.6 Å². The van der Waals surface area contributed by atoms with Crippen LogP contribution in [-0.2, 0) is 9.53 Å². The lowest BCUT2D eigenvalue weighted by molar-refractivity contribution is -0.135. The van der Waals surface area contributed by atoms with Gasteiger partial charge in [-0.2, -0.15) is 0 Å². The van der Waals surface area contributed by atoms with E-state index in [1.807, 2.05) is 0 Å². The molecule has 3 heteroatoms. The number of ether oxygens (including phenoxy) is 1. The van der Waals surface area contributed by atoms with Gasteiger partial charge in [0.1, 0.15) is 0 Å². The molecule has 0 aromatic rings. The second kappa shape index (κ2) is 5.78. The lowest BCUT2D eigenvalue weighted by Gasteiger charge is -1.87. The predicted octanol–water partition coefficient (Wildman–Crippen LogP) is 2.36. The monoisotopic (exact) mass is 172 g/mol. The van der Waals surface area contributed by atoms with Gasteiger partial charge in [0.25, 0.3) is 0 Å². The number of hydrogen-bond donors (Lipinski definition) is 0. The zero-order valence-electron chi connectivity index (χ0n) is 6.43. The minimum absolute atomic E-state index is 0.369. The zero-order valence-corrected chi connectivity index (χ0v) is 7.18. The molecule has 0 unspecified atom stereocenters. The van der Waals surface area contributed by atoms with E-state index in [0.29, 0.717) is 5.03 Å². The maximum Gasteiger partial charge on any atom is 0.307 e. The standard InChI is InChI=1S/C8H9ClO2/c1-3-4-8(9)5-6-11-7(2)10/h3,5-6H,1-2H3. The van der Waals surface area contributed by atoms with Crippen molar-refractivity contribution < 1.29 is 9.53 Å². The van der Waals surface area contributed by atoms with Gasteiger partial charge in [-0.1, -0.05) is 11.6 Å². The van der Waals surface area contributed by atoms with Crippen LogP contribution in [0.15, 0.2) is 29.2 Å². The van der Waals surface area contributed by atoms with Gasteiger partial charge in [0, 0.05) is 6.92 Å². The van der Waals surface area contributed by atoms with E-state index in [2.05, 4.69) is 10.5 Å². The van der Waals surface area contributed by atoms with Gasteiger partial charge >= 0.3 is 5.97 Å². The Hall–Kier alpha value is -0.980. The SMILES string of the molecule is CC=C=C(Cl)C=COC(C)=O. The number of halogens is 1. The molecule has 0 atom stereocenters. The van der Waals surface area contributed by atoms with Gasteiger partial charge in [0.05, 0.1) is 11.3 Å². The smallest absolute Gasteiger partial charge is 0.307 e. The number of allylic oxidation sites excluding steroid dienone is 2. The van der Waals surface area contributed by atoms with Crippen molar-refractivity contribution in [3.05, 3.63) is 29.2 Å². The lowest BCUT2D eigenvalue weighted by atomic mass is 10.5. The van der Waals surface area contributed by atoms with Gasteiger partial charge < -0.3 is 4.74 Å². The molecule has 60 valence electrons. The zero-order chi connectivity index (χ0) is 8.69. The summed E-state index contributed by atoms with van der Waals surface area (Å²) < 4.78 is 4.48. The van der Waals surface area contributed by atoms with Gasteiger partial charge in [0.15, 0.2) is 0 Å². The van der Waals surface area contributed by atoms with E-state index in [9.17, 15) is 4.79 Å². The summed E-state index contributed by atoms with van der Waals surface area (Å²) in [5, 5.41) is 0.397. The fourth-order valence-electron chi connectivity index (χ4n) is 0.376. The molecule has 0 fully saturated rings. The van der Waals surface area contributed by atoms with Crippen molar-refractivity contribution in [1.29, 1.82) is 0 Å². The van der Waals surface area contributed by atoms with Crippen LogP contribution < -0.4 is 0 Å². The highest BCUT2D eigenvalue weighted by Crippen LogP contribution is 1.99. The topological polar surface area (TPSA) is 26.3 Å². The van der Waals surface area contributed by atoms with Gasteiger partial charge in [-0.15, -0.1) is 5.73 Å². The molecule has 2 nitrogen and oxygen atoms in total. The van der Waals surface area contributed by atoms with Crippen LogP contribution in [0.5, 0.6) is 0 Å². The van der Waals surface area contributed by atoms with E-state index in [-0.39, 0.29) is 5.97 Å². The molecule has 0 aliphatic rings. The van der Waals surface area contributed by atoms with Crippen molar-refractivity contribution in [3.8, 4) is 0 Å². The molecule has 0 aliphatic carbocycles. The highest BCUT2D eigenvalue weighted by Gasteiger charge is 1.85. The van der Waals surface area contributed by atoms with Crippen LogP contribution in [0.4, 0.5) is 0 Å². The molecule has 0 aromatic heterocycles. The van der Waals surface area contributed by atoms with Crippen LogP contribution >= 0.6 is 11.6 Å². The van der Waals surface area contributed by atoms with Crippen molar-refractivity contribution in [3.63, 3.8) is 0 Å². The molecule has 0 saturated heterocycles. The molecule has 0 bridgehead atoms. The average molecular weight is 173 g/mol. The first kappa shape index (κ1) is 10.0. The van der Waals surface area contributed by atoms with Crippen LogP contribution in [0, 0.1) is 0 Å². The number of esters is 1. The van der Waals surface area contributed by atoms with Gasteiger partial charge in [-0.05, 0) is 19.1 Å². The third-order valence-electron chi connectivity index (χ3n) is 0.731. The molecular formula is C8H9ClO2. The molecule has 0 saturated carbocycles. The average Bonchev–Trinajstić information content (AvgIpc) is 1.87. The van der Waals surface area contributed by atoms with Crippen LogP contribution in [-0.4, -0.2) is 5.97 Å². The van der Waals surface area contributed by atoms with Crippen molar-refractivity contribution in [2.45, 2.75) is 13.8 Å². The molecule has 0 spiro atoms. The Bertz CT molecular complexity index is 222. The Morgan fingerprint density at radius 3 is 2.73 bits per heavy atom. The van der Waals surface area contributed by atoms with Crippen molar-refractivity contribution in [2.75, 3.05) is 0 Å². The van der Waals surface area contributed by atoms with E-state index >= 15 is 0 Å². The highest BCUT2D eigenvalue weighted by molar-refractivity contribution is 6.31.